The van der Waals surface area contributed by atoms with Crippen molar-refractivity contribution in [1.29, 1.82) is 0 Å². The first-order chi connectivity index (χ1) is 6.18. The molecule has 0 saturated heterocycles. The predicted molar refractivity (Wildman–Crippen MR) is 51.2 cm³/mol. The van der Waals surface area contributed by atoms with Crippen LogP contribution >= 0.6 is 0 Å². The molecular weight excluding hydrogens is 164 g/mol. The van der Waals surface area contributed by atoms with Gasteiger partial charge in [-0.1, -0.05) is 25.1 Å². The fraction of sp³-hybridized carbons (Fsp3) is 0.300. The van der Waals surface area contributed by atoms with Crippen LogP contribution in [-0.2, 0) is 10.3 Å². The minimum Gasteiger partial charge on any atom is -0.324 e. The number of hydrogen-bond donors (Lipinski definition) is 2. The molecule has 0 radical (unpaired) electrons. The Bertz CT molecular complexity index is 362. The van der Waals surface area contributed by atoms with E-state index in [4.69, 9.17) is 5.73 Å². The van der Waals surface area contributed by atoms with Gasteiger partial charge < -0.3 is 11.1 Å². The Morgan fingerprint density at radius 2 is 2.15 bits per heavy atom. The number of nitrogens with one attached hydrogen (secondary N) is 1. The zero-order chi connectivity index (χ0) is 9.47. The summed E-state index contributed by atoms with van der Waals surface area (Å²) in [4.78, 5) is 11.5. The smallest absolute Gasteiger partial charge is 0.249 e. The highest BCUT2D eigenvalue weighted by Crippen LogP contribution is 2.35. The lowest BCUT2D eigenvalue weighted by molar-refractivity contribution is -0.120. The highest BCUT2D eigenvalue weighted by atomic mass is 16.2. The summed E-state index contributed by atoms with van der Waals surface area (Å²) in [6, 6.07) is 7.56. The predicted octanol–water partition coefficient (Wildman–Crippen LogP) is 1.20. The van der Waals surface area contributed by atoms with Crippen LogP contribution in [0.1, 0.15) is 18.9 Å². The van der Waals surface area contributed by atoms with Crippen molar-refractivity contribution < 1.29 is 4.79 Å². The van der Waals surface area contributed by atoms with Crippen LogP contribution in [-0.4, -0.2) is 5.91 Å². The molecule has 13 heavy (non-hydrogen) atoms. The second-order valence-corrected chi connectivity index (χ2v) is 3.32. The van der Waals surface area contributed by atoms with Gasteiger partial charge in [0, 0.05) is 11.3 Å². The fourth-order valence-electron chi connectivity index (χ4n) is 1.69. The van der Waals surface area contributed by atoms with Crippen molar-refractivity contribution in [3.8, 4) is 0 Å². The summed E-state index contributed by atoms with van der Waals surface area (Å²) in [5, 5.41) is 2.77. The lowest BCUT2D eigenvalue weighted by atomic mass is 9.90. The van der Waals surface area contributed by atoms with E-state index >= 15 is 0 Å². The first-order valence-electron chi connectivity index (χ1n) is 4.38. The Morgan fingerprint density at radius 1 is 1.46 bits per heavy atom. The molecule has 68 valence electrons. The van der Waals surface area contributed by atoms with Gasteiger partial charge in [0.15, 0.2) is 0 Å². The molecule has 1 aliphatic heterocycles. The molecule has 3 nitrogen and oxygen atoms in total. The Hall–Kier alpha value is -1.35. The van der Waals surface area contributed by atoms with Gasteiger partial charge in [-0.15, -0.1) is 0 Å². The molecular formula is C10H12N2O. The molecule has 0 bridgehead atoms. The maximum absolute atomic E-state index is 11.5. The van der Waals surface area contributed by atoms with Crippen LogP contribution < -0.4 is 11.1 Å². The van der Waals surface area contributed by atoms with E-state index in [9.17, 15) is 4.79 Å². The van der Waals surface area contributed by atoms with Gasteiger partial charge in [0.1, 0.15) is 5.54 Å². The molecule has 1 aliphatic rings. The van der Waals surface area contributed by atoms with Crippen LogP contribution in [0.15, 0.2) is 24.3 Å². The van der Waals surface area contributed by atoms with Gasteiger partial charge >= 0.3 is 0 Å². The number of nitrogens with two attached hydrogens (primary N) is 1. The van der Waals surface area contributed by atoms with Gasteiger partial charge in [-0.3, -0.25) is 4.79 Å². The number of benzene rings is 1. The molecule has 1 amide bonds. The molecule has 1 unspecified atom stereocenters. The molecule has 3 heteroatoms. The molecule has 0 spiro atoms. The normalized spacial score (nSPS) is 25.5. The standard InChI is InChI=1S/C10H12N2O/c1-2-10(11)7-5-3-4-6-8(7)12-9(10)13/h3-6H,2,11H2,1H3,(H,12,13). The summed E-state index contributed by atoms with van der Waals surface area (Å²) in [6.45, 7) is 1.92. The van der Waals surface area contributed by atoms with E-state index in [-0.39, 0.29) is 5.91 Å². The van der Waals surface area contributed by atoms with Crippen LogP contribution in [0.4, 0.5) is 5.69 Å². The van der Waals surface area contributed by atoms with Crippen LogP contribution in [0.5, 0.6) is 0 Å². The number of para-hydroxylation sites is 1. The maximum Gasteiger partial charge on any atom is 0.249 e. The number of rotatable bonds is 1. The second-order valence-electron chi connectivity index (χ2n) is 3.32. The van der Waals surface area contributed by atoms with Crippen molar-refractivity contribution in [2.24, 2.45) is 5.73 Å². The van der Waals surface area contributed by atoms with Gasteiger partial charge in [-0.2, -0.15) is 0 Å². The summed E-state index contributed by atoms with van der Waals surface area (Å²) < 4.78 is 0. The van der Waals surface area contributed by atoms with Gasteiger partial charge in [0.25, 0.3) is 0 Å². The van der Waals surface area contributed by atoms with Gasteiger partial charge in [0.05, 0.1) is 0 Å². The van der Waals surface area contributed by atoms with E-state index < -0.39 is 5.54 Å². The first-order valence-corrected chi connectivity index (χ1v) is 4.38. The molecule has 1 heterocycles. The third-order valence-electron chi connectivity index (χ3n) is 2.62. The third-order valence-corrected chi connectivity index (χ3v) is 2.62. The van der Waals surface area contributed by atoms with Crippen molar-refractivity contribution in [2.75, 3.05) is 5.32 Å². The van der Waals surface area contributed by atoms with Crippen LogP contribution in [0.3, 0.4) is 0 Å². The van der Waals surface area contributed by atoms with Crippen LogP contribution in [0, 0.1) is 0 Å². The summed E-state index contributed by atoms with van der Waals surface area (Å²) >= 11 is 0. The molecule has 0 aliphatic carbocycles. The molecule has 0 fully saturated rings. The van der Waals surface area contributed by atoms with Gasteiger partial charge in [0.2, 0.25) is 5.91 Å². The number of hydrogen-bond acceptors (Lipinski definition) is 2. The van der Waals surface area contributed by atoms with Gasteiger partial charge in [-0.05, 0) is 12.5 Å². The minimum atomic E-state index is -0.823. The Balaban J connectivity index is 2.59. The van der Waals surface area contributed by atoms with E-state index in [2.05, 4.69) is 5.32 Å². The van der Waals surface area contributed by atoms with Gasteiger partial charge in [-0.25, -0.2) is 0 Å². The van der Waals surface area contributed by atoms with E-state index in [1.807, 2.05) is 31.2 Å². The number of anilines is 1. The monoisotopic (exact) mass is 176 g/mol. The number of carbonyl (C=O) groups is 1. The molecule has 0 saturated carbocycles. The summed E-state index contributed by atoms with van der Waals surface area (Å²) in [5.41, 5.74) is 6.93. The lowest BCUT2D eigenvalue weighted by Crippen LogP contribution is -2.42. The molecule has 2 rings (SSSR count). The third kappa shape index (κ3) is 0.971. The highest BCUT2D eigenvalue weighted by molar-refractivity contribution is 6.05. The summed E-state index contributed by atoms with van der Waals surface area (Å²) in [7, 11) is 0. The van der Waals surface area contributed by atoms with E-state index in [0.29, 0.717) is 6.42 Å². The second kappa shape index (κ2) is 2.57. The Labute approximate surface area is 76.9 Å². The van der Waals surface area contributed by atoms with E-state index in [1.165, 1.54) is 0 Å². The maximum atomic E-state index is 11.5. The zero-order valence-electron chi connectivity index (χ0n) is 7.50. The minimum absolute atomic E-state index is 0.101. The molecule has 1 aromatic carbocycles. The highest BCUT2D eigenvalue weighted by Gasteiger charge is 2.41. The molecule has 1 aromatic rings. The molecule has 1 atom stereocenters. The average Bonchev–Trinajstić information content (AvgIpc) is 2.41. The number of amides is 1. The number of carbonyl (C=O) groups excluding carboxylic acids is 1. The quantitative estimate of drug-likeness (QED) is 0.675. The summed E-state index contributed by atoms with van der Waals surface area (Å²) in [6.07, 6.45) is 0.621. The topological polar surface area (TPSA) is 55.1 Å². The largest absolute Gasteiger partial charge is 0.324 e. The van der Waals surface area contributed by atoms with E-state index in [0.717, 1.165) is 11.3 Å². The lowest BCUT2D eigenvalue weighted by Gasteiger charge is -2.19. The first kappa shape index (κ1) is 8.26. The molecule has 3 N–H and O–H groups in total. The number of fused-ring (bicyclic) bond motifs is 1. The zero-order valence-corrected chi connectivity index (χ0v) is 7.50. The fourth-order valence-corrected chi connectivity index (χ4v) is 1.69. The molecule has 0 aromatic heterocycles. The van der Waals surface area contributed by atoms with Crippen molar-refractivity contribution in [1.82, 2.24) is 0 Å². The van der Waals surface area contributed by atoms with Crippen LogP contribution in [0.25, 0.3) is 0 Å². The summed E-state index contributed by atoms with van der Waals surface area (Å²) in [5.74, 6) is -0.101. The Morgan fingerprint density at radius 3 is 2.85 bits per heavy atom. The van der Waals surface area contributed by atoms with Crippen LogP contribution in [0.2, 0.25) is 0 Å². The van der Waals surface area contributed by atoms with Crippen molar-refractivity contribution >= 4 is 11.6 Å². The van der Waals surface area contributed by atoms with Crippen molar-refractivity contribution in [3.05, 3.63) is 29.8 Å². The van der Waals surface area contributed by atoms with Crippen molar-refractivity contribution in [3.63, 3.8) is 0 Å². The average molecular weight is 176 g/mol. The Kier molecular flexibility index (Phi) is 1.63. The van der Waals surface area contributed by atoms with E-state index in [1.54, 1.807) is 0 Å². The van der Waals surface area contributed by atoms with Crippen molar-refractivity contribution in [2.45, 2.75) is 18.9 Å². The SMILES string of the molecule is CCC1(N)C(=O)Nc2ccccc21.